The van der Waals surface area contributed by atoms with Crippen molar-refractivity contribution in [3.63, 3.8) is 0 Å². The normalized spacial score (nSPS) is 14.5. The van der Waals surface area contributed by atoms with Crippen LogP contribution in [0.4, 0.5) is 0 Å². The molecule has 0 spiro atoms. The molecule has 0 radical (unpaired) electrons. The van der Waals surface area contributed by atoms with Crippen LogP contribution in [0.3, 0.4) is 0 Å². The number of carboxylic acids is 3. The monoisotopic (exact) mass is 1060 g/mol. The maximum absolute atomic E-state index is 14.1. The first-order chi connectivity index (χ1) is 33.9. The van der Waals surface area contributed by atoms with Crippen LogP contribution in [0.5, 0.6) is 0 Å². The zero-order valence-corrected chi connectivity index (χ0v) is 44.0. The van der Waals surface area contributed by atoms with Gasteiger partial charge in [0.25, 0.3) is 0 Å². The van der Waals surface area contributed by atoms with Crippen LogP contribution in [-0.2, 0) is 52.7 Å². The van der Waals surface area contributed by atoms with E-state index in [0.717, 1.165) is 0 Å². The number of nitrogens with two attached hydrogens (primary N) is 3. The lowest BCUT2D eigenvalue weighted by Crippen LogP contribution is -2.60. The van der Waals surface area contributed by atoms with Crippen molar-refractivity contribution < 1.29 is 68.1 Å². The Morgan fingerprint density at radius 2 is 0.861 bits per heavy atom. The molecule has 8 amide bonds. The standard InChI is InChI=1S/C45H81N11O14S2/c1-25(2)23-33(55-42(66)32(18-22-72-6)51-38(62)27(48)11-7-9-19-46)44(68)52-28(12-8-10-20-47)40(64)53-30(14-16-36(60)61)41(65)54-31(17-21-71-5)39(63)49-24-34(57)50-29(13-15-35(58)59)43(67)56-37(26(3)4)45(69)70/h25-33,37H,7-24,46-48H2,1-6H3,(H,49,63)(H,50,57)(H,51,62)(H,52,68)(H,53,64)(H,54,65)(H,55,66)(H,56,67)(H,58,59)(H,60,61)(H,69,70)/t27-,28-,29-,30-,31-,32-,33-,37-/m0/s1. The molecule has 0 aliphatic heterocycles. The highest BCUT2D eigenvalue weighted by atomic mass is 32.2. The summed E-state index contributed by atoms with van der Waals surface area (Å²) in [6.07, 6.45) is 4.21. The first kappa shape index (κ1) is 66.8. The minimum atomic E-state index is -1.57. The number of hydrogen-bond donors (Lipinski definition) is 14. The Hall–Kier alpha value is -5.25. The molecule has 0 aliphatic rings. The summed E-state index contributed by atoms with van der Waals surface area (Å²) in [5.74, 6) is -10.5. The lowest BCUT2D eigenvalue weighted by atomic mass is 10.0. The topological polar surface area (TPSA) is 423 Å². The van der Waals surface area contributed by atoms with Crippen molar-refractivity contribution in [3.05, 3.63) is 0 Å². The summed E-state index contributed by atoms with van der Waals surface area (Å²) in [6.45, 7) is 6.59. The lowest BCUT2D eigenvalue weighted by Gasteiger charge is -2.28. The zero-order chi connectivity index (χ0) is 54.9. The minimum absolute atomic E-state index is 0.0103. The Balaban J connectivity index is 6.45. The molecule has 25 nitrogen and oxygen atoms in total. The molecule has 0 unspecified atom stereocenters. The molecular weight excluding hydrogens is 983 g/mol. The molecule has 0 rings (SSSR count). The summed E-state index contributed by atoms with van der Waals surface area (Å²) in [7, 11) is 0. The number of carboxylic acid groups (broad SMARTS) is 3. The molecule has 0 saturated heterocycles. The maximum Gasteiger partial charge on any atom is 0.326 e. The molecule has 0 bridgehead atoms. The number of aliphatic carboxylic acids is 3. The first-order valence-electron chi connectivity index (χ1n) is 24.1. The van der Waals surface area contributed by atoms with Crippen molar-refractivity contribution in [3.8, 4) is 0 Å². The van der Waals surface area contributed by atoms with Gasteiger partial charge in [0.15, 0.2) is 0 Å². The van der Waals surface area contributed by atoms with Gasteiger partial charge in [-0.25, -0.2) is 4.79 Å². The Bertz CT molecular complexity index is 1780. The summed E-state index contributed by atoms with van der Waals surface area (Å²) in [5.41, 5.74) is 17.4. The predicted octanol–water partition coefficient (Wildman–Crippen LogP) is -1.90. The summed E-state index contributed by atoms with van der Waals surface area (Å²) < 4.78 is 0. The zero-order valence-electron chi connectivity index (χ0n) is 42.4. The van der Waals surface area contributed by atoms with E-state index in [1.54, 1.807) is 6.26 Å². The average molecular weight is 1060 g/mol. The largest absolute Gasteiger partial charge is 0.481 e. The Labute approximate surface area is 430 Å². The van der Waals surface area contributed by atoms with Crippen molar-refractivity contribution in [2.45, 2.75) is 160 Å². The predicted molar refractivity (Wildman–Crippen MR) is 272 cm³/mol. The van der Waals surface area contributed by atoms with E-state index in [9.17, 15) is 68.1 Å². The highest BCUT2D eigenvalue weighted by Gasteiger charge is 2.34. The van der Waals surface area contributed by atoms with Crippen molar-refractivity contribution in [2.24, 2.45) is 29.0 Å². The van der Waals surface area contributed by atoms with E-state index in [4.69, 9.17) is 17.2 Å². The van der Waals surface area contributed by atoms with Gasteiger partial charge in [0.2, 0.25) is 47.3 Å². The van der Waals surface area contributed by atoms with Crippen LogP contribution < -0.4 is 59.7 Å². The van der Waals surface area contributed by atoms with Gasteiger partial charge in [-0.1, -0.05) is 34.1 Å². The van der Waals surface area contributed by atoms with E-state index in [1.807, 2.05) is 20.1 Å². The SMILES string of the molecule is CSCC[C@H](NC(=O)[C@H](CCC(=O)O)NC(=O)[C@H](CCCCN)NC(=O)[C@H](CC(C)C)NC(=O)[C@H](CCSC)NC(=O)[C@@H](N)CCCCN)C(=O)NCC(=O)N[C@@H](CCC(=O)O)C(=O)N[C@H](C(=O)O)C(C)C. The molecule has 0 heterocycles. The van der Waals surface area contributed by atoms with Gasteiger partial charge < -0.3 is 75.1 Å². The molecule has 27 heteroatoms. The van der Waals surface area contributed by atoms with Crippen LogP contribution in [-0.4, -0.2) is 172 Å². The molecule has 0 aromatic rings. The number of carbonyl (C=O) groups excluding carboxylic acids is 8. The molecular formula is C45H81N11O14S2. The fourth-order valence-corrected chi connectivity index (χ4v) is 7.80. The van der Waals surface area contributed by atoms with Crippen molar-refractivity contribution in [1.29, 1.82) is 0 Å². The second-order valence-corrected chi connectivity index (χ2v) is 19.9. The van der Waals surface area contributed by atoms with Crippen molar-refractivity contribution >= 4 is 88.7 Å². The van der Waals surface area contributed by atoms with Gasteiger partial charge in [0.05, 0.1) is 12.6 Å². The van der Waals surface area contributed by atoms with Gasteiger partial charge in [-0.3, -0.25) is 47.9 Å². The van der Waals surface area contributed by atoms with Crippen molar-refractivity contribution in [2.75, 3.05) is 43.7 Å². The number of unbranched alkanes of at least 4 members (excludes halogenated alkanes) is 2. The molecule has 0 aromatic heterocycles. The van der Waals surface area contributed by atoms with Crippen LogP contribution >= 0.6 is 23.5 Å². The number of hydrogen-bond acceptors (Lipinski definition) is 16. The number of nitrogens with one attached hydrogen (secondary N) is 8. The minimum Gasteiger partial charge on any atom is -0.481 e. The van der Waals surface area contributed by atoms with Gasteiger partial charge in [-0.05, 0) is 113 Å². The first-order valence-corrected chi connectivity index (χ1v) is 26.9. The fraction of sp³-hybridized carbons (Fsp3) is 0.756. The average Bonchev–Trinajstić information content (AvgIpc) is 3.31. The third-order valence-corrected chi connectivity index (χ3v) is 12.2. The van der Waals surface area contributed by atoms with Crippen LogP contribution in [0.1, 0.15) is 111 Å². The number of amides is 8. The van der Waals surface area contributed by atoms with E-state index in [2.05, 4.69) is 42.5 Å². The molecule has 0 fully saturated rings. The Morgan fingerprint density at radius 1 is 0.472 bits per heavy atom. The van der Waals surface area contributed by atoms with Gasteiger partial charge in [0, 0.05) is 12.8 Å². The van der Waals surface area contributed by atoms with Gasteiger partial charge >= 0.3 is 17.9 Å². The second kappa shape index (κ2) is 37.5. The van der Waals surface area contributed by atoms with E-state index in [1.165, 1.54) is 37.4 Å². The number of thioether (sulfide) groups is 2. The van der Waals surface area contributed by atoms with Crippen LogP contribution in [0, 0.1) is 11.8 Å². The van der Waals surface area contributed by atoms with Gasteiger partial charge in [0.1, 0.15) is 42.3 Å². The van der Waals surface area contributed by atoms with Gasteiger partial charge in [-0.15, -0.1) is 0 Å². The summed E-state index contributed by atoms with van der Waals surface area (Å²) in [4.78, 5) is 143. The molecule has 72 heavy (non-hydrogen) atoms. The second-order valence-electron chi connectivity index (χ2n) is 17.9. The molecule has 0 aliphatic carbocycles. The van der Waals surface area contributed by atoms with Crippen LogP contribution in [0.15, 0.2) is 0 Å². The van der Waals surface area contributed by atoms with E-state index in [-0.39, 0.29) is 38.1 Å². The van der Waals surface area contributed by atoms with E-state index >= 15 is 0 Å². The highest BCUT2D eigenvalue weighted by molar-refractivity contribution is 7.98. The van der Waals surface area contributed by atoms with Crippen LogP contribution in [0.2, 0.25) is 0 Å². The highest BCUT2D eigenvalue weighted by Crippen LogP contribution is 2.12. The molecule has 0 saturated carbocycles. The molecule has 412 valence electrons. The summed E-state index contributed by atoms with van der Waals surface area (Å²) in [6, 6.07) is -10.2. The van der Waals surface area contributed by atoms with Crippen LogP contribution in [0.25, 0.3) is 0 Å². The summed E-state index contributed by atoms with van der Waals surface area (Å²) in [5, 5.41) is 48.3. The third kappa shape index (κ3) is 28.7. The lowest BCUT2D eigenvalue weighted by molar-refractivity contribution is -0.144. The summed E-state index contributed by atoms with van der Waals surface area (Å²) >= 11 is 2.75. The molecule has 8 atom stereocenters. The van der Waals surface area contributed by atoms with Gasteiger partial charge in [-0.2, -0.15) is 23.5 Å². The number of rotatable bonds is 40. The van der Waals surface area contributed by atoms with E-state index in [0.29, 0.717) is 50.2 Å². The smallest absolute Gasteiger partial charge is 0.326 e. The third-order valence-electron chi connectivity index (χ3n) is 10.9. The maximum atomic E-state index is 14.1. The quantitative estimate of drug-likeness (QED) is 0.0298. The Morgan fingerprint density at radius 3 is 1.29 bits per heavy atom. The fourth-order valence-electron chi connectivity index (χ4n) is 6.86. The Kier molecular flexibility index (Phi) is 34.8. The molecule has 17 N–H and O–H groups in total. The number of carbonyl (C=O) groups is 11. The molecule has 0 aromatic carbocycles. The van der Waals surface area contributed by atoms with Crippen molar-refractivity contribution in [1.82, 2.24) is 42.5 Å². The van der Waals surface area contributed by atoms with E-state index < -0.39 is 152 Å².